The molecule has 0 atom stereocenters. The zero-order chi connectivity index (χ0) is 10.8. The summed E-state index contributed by atoms with van der Waals surface area (Å²) in [6, 6.07) is 7.73. The summed E-state index contributed by atoms with van der Waals surface area (Å²) in [5.74, 6) is 0.410. The van der Waals surface area contributed by atoms with E-state index in [0.717, 1.165) is 10.2 Å². The summed E-state index contributed by atoms with van der Waals surface area (Å²) < 4.78 is 2.75. The van der Waals surface area contributed by atoms with E-state index in [2.05, 4.69) is 20.9 Å². The van der Waals surface area contributed by atoms with Crippen molar-refractivity contribution in [1.29, 1.82) is 0 Å². The van der Waals surface area contributed by atoms with Crippen LogP contribution in [0.1, 0.15) is 17.5 Å². The van der Waals surface area contributed by atoms with Gasteiger partial charge < -0.3 is 0 Å². The number of ketones is 1. The molecule has 0 saturated heterocycles. The number of hydrogen-bond donors (Lipinski definition) is 0. The van der Waals surface area contributed by atoms with Crippen molar-refractivity contribution in [3.05, 3.63) is 47.0 Å². The molecule has 0 aliphatic rings. The van der Waals surface area contributed by atoms with Gasteiger partial charge in [-0.05, 0) is 18.2 Å². The number of carbonyl (C=O) groups is 1. The van der Waals surface area contributed by atoms with Gasteiger partial charge in [-0.1, -0.05) is 22.0 Å². The van der Waals surface area contributed by atoms with Gasteiger partial charge in [-0.3, -0.25) is 9.36 Å². The van der Waals surface area contributed by atoms with Gasteiger partial charge >= 0.3 is 0 Å². The Morgan fingerprint density at radius 1 is 1.47 bits per heavy atom. The van der Waals surface area contributed by atoms with Gasteiger partial charge in [-0.2, -0.15) is 0 Å². The Balaban J connectivity index is 2.54. The lowest BCUT2D eigenvalue weighted by Crippen LogP contribution is -2.04. The van der Waals surface area contributed by atoms with Crippen LogP contribution < -0.4 is 0 Å². The second-order valence-corrected chi connectivity index (χ2v) is 4.07. The summed E-state index contributed by atoms with van der Waals surface area (Å²) in [6.07, 6.45) is 3.40. The van der Waals surface area contributed by atoms with E-state index in [1.54, 1.807) is 17.0 Å². The number of rotatable bonds is 2. The zero-order valence-electron chi connectivity index (χ0n) is 8.14. The molecule has 76 valence electrons. The molecular weight excluding hydrogens is 256 g/mol. The quantitative estimate of drug-likeness (QED) is 0.782. The Morgan fingerprint density at radius 2 is 2.27 bits per heavy atom. The summed E-state index contributed by atoms with van der Waals surface area (Å²) in [7, 11) is 0. The van der Waals surface area contributed by atoms with Crippen molar-refractivity contribution >= 4 is 21.7 Å². The number of halogens is 1. The average Bonchev–Trinajstić information content (AvgIpc) is 2.65. The molecule has 0 N–H and O–H groups in total. The van der Waals surface area contributed by atoms with E-state index < -0.39 is 0 Å². The Hall–Kier alpha value is -1.42. The lowest BCUT2D eigenvalue weighted by molar-refractivity contribution is 0.100. The molecule has 0 bridgehead atoms. The van der Waals surface area contributed by atoms with Gasteiger partial charge in [0, 0.05) is 29.5 Å². The number of Topliss-reactive ketones (excluding diaryl/α,β-unsaturated/α-hetero) is 1. The van der Waals surface area contributed by atoms with Crippen LogP contribution in [0.15, 0.2) is 41.1 Å². The molecule has 0 saturated carbocycles. The predicted molar refractivity (Wildman–Crippen MR) is 61.3 cm³/mol. The zero-order valence-corrected chi connectivity index (χ0v) is 9.73. The molecule has 1 aromatic carbocycles. The van der Waals surface area contributed by atoms with Gasteiger partial charge in [-0.25, -0.2) is 4.98 Å². The molecule has 3 nitrogen and oxygen atoms in total. The molecule has 2 rings (SSSR count). The van der Waals surface area contributed by atoms with Crippen molar-refractivity contribution < 1.29 is 4.79 Å². The Kier molecular flexibility index (Phi) is 2.68. The van der Waals surface area contributed by atoms with Crippen molar-refractivity contribution in [3.8, 4) is 5.69 Å². The number of imidazole rings is 1. The fraction of sp³-hybridized carbons (Fsp3) is 0.0909. The highest BCUT2D eigenvalue weighted by atomic mass is 79.9. The van der Waals surface area contributed by atoms with E-state index in [1.807, 2.05) is 24.3 Å². The van der Waals surface area contributed by atoms with E-state index in [0.29, 0.717) is 5.82 Å². The van der Waals surface area contributed by atoms with Crippen LogP contribution in [0.25, 0.3) is 5.69 Å². The van der Waals surface area contributed by atoms with E-state index in [1.165, 1.54) is 6.92 Å². The lowest BCUT2D eigenvalue weighted by atomic mass is 10.3. The molecule has 0 aliphatic heterocycles. The van der Waals surface area contributed by atoms with Crippen LogP contribution in [0.4, 0.5) is 0 Å². The predicted octanol–water partition coefficient (Wildman–Crippen LogP) is 2.84. The van der Waals surface area contributed by atoms with Crippen LogP contribution in [0.2, 0.25) is 0 Å². The molecule has 4 heteroatoms. The number of aromatic nitrogens is 2. The molecule has 0 radical (unpaired) electrons. The van der Waals surface area contributed by atoms with Gasteiger partial charge in [0.15, 0.2) is 11.6 Å². The third kappa shape index (κ3) is 1.99. The molecule has 0 spiro atoms. The maximum absolute atomic E-state index is 11.3. The monoisotopic (exact) mass is 264 g/mol. The molecule has 0 unspecified atom stereocenters. The van der Waals surface area contributed by atoms with Crippen molar-refractivity contribution in [2.75, 3.05) is 0 Å². The molecule has 2 aromatic rings. The number of benzene rings is 1. The van der Waals surface area contributed by atoms with Gasteiger partial charge in [0.1, 0.15) is 0 Å². The van der Waals surface area contributed by atoms with Crippen molar-refractivity contribution in [2.45, 2.75) is 6.92 Å². The van der Waals surface area contributed by atoms with Gasteiger partial charge in [0.05, 0.1) is 0 Å². The minimum atomic E-state index is -0.0417. The normalized spacial score (nSPS) is 10.3. The van der Waals surface area contributed by atoms with Crippen LogP contribution in [-0.2, 0) is 0 Å². The first-order valence-electron chi connectivity index (χ1n) is 4.49. The van der Waals surface area contributed by atoms with Crippen LogP contribution in [0.3, 0.4) is 0 Å². The van der Waals surface area contributed by atoms with Crippen LogP contribution >= 0.6 is 15.9 Å². The van der Waals surface area contributed by atoms with Crippen LogP contribution in [0.5, 0.6) is 0 Å². The highest BCUT2D eigenvalue weighted by Crippen LogP contribution is 2.16. The van der Waals surface area contributed by atoms with E-state index in [4.69, 9.17) is 0 Å². The summed E-state index contributed by atoms with van der Waals surface area (Å²) in [5.41, 5.74) is 0.923. The van der Waals surface area contributed by atoms with E-state index in [-0.39, 0.29) is 5.78 Å². The Labute approximate surface area is 95.9 Å². The fourth-order valence-corrected chi connectivity index (χ4v) is 1.79. The Bertz CT molecular complexity index is 505. The first-order valence-corrected chi connectivity index (χ1v) is 5.28. The number of carbonyl (C=O) groups excluding carboxylic acids is 1. The maximum Gasteiger partial charge on any atom is 0.195 e. The second kappa shape index (κ2) is 3.98. The summed E-state index contributed by atoms with van der Waals surface area (Å²) in [6.45, 7) is 1.51. The van der Waals surface area contributed by atoms with E-state index >= 15 is 0 Å². The summed E-state index contributed by atoms with van der Waals surface area (Å²) >= 11 is 3.39. The third-order valence-electron chi connectivity index (χ3n) is 2.04. The highest BCUT2D eigenvalue weighted by molar-refractivity contribution is 9.10. The second-order valence-electron chi connectivity index (χ2n) is 3.16. The number of hydrogen-bond acceptors (Lipinski definition) is 2. The highest BCUT2D eigenvalue weighted by Gasteiger charge is 2.08. The lowest BCUT2D eigenvalue weighted by Gasteiger charge is -2.05. The molecule has 1 aromatic heterocycles. The average molecular weight is 265 g/mol. The summed E-state index contributed by atoms with van der Waals surface area (Å²) in [4.78, 5) is 15.3. The fourth-order valence-electron chi connectivity index (χ4n) is 1.40. The van der Waals surface area contributed by atoms with Crippen molar-refractivity contribution in [1.82, 2.24) is 9.55 Å². The minimum absolute atomic E-state index is 0.0417. The van der Waals surface area contributed by atoms with E-state index in [9.17, 15) is 4.79 Å². The molecule has 0 fully saturated rings. The van der Waals surface area contributed by atoms with Crippen molar-refractivity contribution in [3.63, 3.8) is 0 Å². The molecule has 0 aliphatic carbocycles. The van der Waals surface area contributed by atoms with Crippen LogP contribution in [0, 0.1) is 0 Å². The smallest absolute Gasteiger partial charge is 0.195 e. The first-order chi connectivity index (χ1) is 7.18. The van der Waals surface area contributed by atoms with Gasteiger partial charge in [0.2, 0.25) is 0 Å². The maximum atomic E-state index is 11.3. The largest absolute Gasteiger partial charge is 0.297 e. The minimum Gasteiger partial charge on any atom is -0.297 e. The first kappa shape index (κ1) is 10.1. The molecular formula is C11H9BrN2O. The SMILES string of the molecule is CC(=O)c1nccn1-c1cccc(Br)c1. The van der Waals surface area contributed by atoms with Crippen LogP contribution in [-0.4, -0.2) is 15.3 Å². The third-order valence-corrected chi connectivity index (χ3v) is 2.54. The molecule has 0 amide bonds. The topological polar surface area (TPSA) is 34.9 Å². The van der Waals surface area contributed by atoms with Gasteiger partial charge in [-0.15, -0.1) is 0 Å². The van der Waals surface area contributed by atoms with Crippen molar-refractivity contribution in [2.24, 2.45) is 0 Å². The molecule has 1 heterocycles. The summed E-state index contributed by atoms with van der Waals surface area (Å²) in [5, 5.41) is 0. The number of nitrogens with zero attached hydrogens (tertiary/aromatic N) is 2. The van der Waals surface area contributed by atoms with Gasteiger partial charge in [0.25, 0.3) is 0 Å². The standard InChI is InChI=1S/C11H9BrN2O/c1-8(15)11-13-5-6-14(11)10-4-2-3-9(12)7-10/h2-7H,1H3. The Morgan fingerprint density at radius 3 is 2.93 bits per heavy atom. The molecule has 15 heavy (non-hydrogen) atoms.